The number of carbonyl (C=O) groups excluding carboxylic acids is 1. The molecule has 1 aliphatic heterocycles. The SMILES string of the molecule is CCOC(=O)c1noc(C2CCCCN2)n1. The van der Waals surface area contributed by atoms with Gasteiger partial charge in [0.2, 0.25) is 5.89 Å². The van der Waals surface area contributed by atoms with Crippen molar-refractivity contribution in [1.82, 2.24) is 15.5 Å². The van der Waals surface area contributed by atoms with Crippen LogP contribution in [0.1, 0.15) is 48.7 Å². The molecule has 1 fully saturated rings. The van der Waals surface area contributed by atoms with Crippen LogP contribution in [0.2, 0.25) is 0 Å². The van der Waals surface area contributed by atoms with Gasteiger partial charge in [0, 0.05) is 0 Å². The average Bonchev–Trinajstić information content (AvgIpc) is 2.80. The van der Waals surface area contributed by atoms with E-state index in [4.69, 9.17) is 9.26 Å². The molecular weight excluding hydrogens is 210 g/mol. The minimum Gasteiger partial charge on any atom is -0.460 e. The number of hydrogen-bond donors (Lipinski definition) is 1. The van der Waals surface area contributed by atoms with Gasteiger partial charge in [-0.05, 0) is 31.5 Å². The Kier molecular flexibility index (Phi) is 3.51. The number of aromatic nitrogens is 2. The van der Waals surface area contributed by atoms with Crippen molar-refractivity contribution in [3.63, 3.8) is 0 Å². The summed E-state index contributed by atoms with van der Waals surface area (Å²) in [6.45, 7) is 2.99. The molecule has 1 aromatic heterocycles. The largest absolute Gasteiger partial charge is 0.460 e. The zero-order chi connectivity index (χ0) is 11.4. The van der Waals surface area contributed by atoms with Gasteiger partial charge < -0.3 is 14.6 Å². The number of hydrogen-bond acceptors (Lipinski definition) is 6. The second-order valence-electron chi connectivity index (χ2n) is 3.68. The highest BCUT2D eigenvalue weighted by atomic mass is 16.5. The van der Waals surface area contributed by atoms with Crippen molar-refractivity contribution in [1.29, 1.82) is 0 Å². The van der Waals surface area contributed by atoms with Crippen molar-refractivity contribution >= 4 is 5.97 Å². The lowest BCUT2D eigenvalue weighted by Crippen LogP contribution is -2.27. The van der Waals surface area contributed by atoms with Gasteiger partial charge in [-0.25, -0.2) is 4.79 Å². The first-order valence-corrected chi connectivity index (χ1v) is 5.55. The van der Waals surface area contributed by atoms with Gasteiger partial charge in [-0.15, -0.1) is 0 Å². The topological polar surface area (TPSA) is 77.2 Å². The molecule has 1 aromatic rings. The lowest BCUT2D eigenvalue weighted by atomic mass is 10.1. The summed E-state index contributed by atoms with van der Waals surface area (Å²) >= 11 is 0. The third kappa shape index (κ3) is 2.38. The van der Waals surface area contributed by atoms with E-state index in [-0.39, 0.29) is 11.9 Å². The van der Waals surface area contributed by atoms with Crippen LogP contribution < -0.4 is 5.32 Å². The molecule has 2 rings (SSSR count). The number of rotatable bonds is 3. The van der Waals surface area contributed by atoms with Gasteiger partial charge in [-0.3, -0.25) is 0 Å². The Bertz CT molecular complexity index is 358. The van der Waals surface area contributed by atoms with Gasteiger partial charge in [0.1, 0.15) is 0 Å². The fourth-order valence-electron chi connectivity index (χ4n) is 1.72. The molecule has 1 N–H and O–H groups in total. The number of esters is 1. The first kappa shape index (κ1) is 11.1. The Morgan fingerprint density at radius 1 is 1.62 bits per heavy atom. The highest BCUT2D eigenvalue weighted by Gasteiger charge is 2.23. The summed E-state index contributed by atoms with van der Waals surface area (Å²) in [6.07, 6.45) is 3.26. The maximum absolute atomic E-state index is 11.3. The van der Waals surface area contributed by atoms with E-state index in [0.29, 0.717) is 12.5 Å². The molecule has 1 unspecified atom stereocenters. The minimum absolute atomic E-state index is 0.00391. The molecule has 0 bridgehead atoms. The molecule has 0 aliphatic carbocycles. The Balaban J connectivity index is 2.03. The van der Waals surface area contributed by atoms with Crippen LogP contribution in [0.5, 0.6) is 0 Å². The van der Waals surface area contributed by atoms with Crippen LogP contribution in [-0.2, 0) is 4.74 Å². The molecule has 0 amide bonds. The van der Waals surface area contributed by atoms with Crippen LogP contribution in [-0.4, -0.2) is 29.3 Å². The first-order valence-electron chi connectivity index (χ1n) is 5.55. The summed E-state index contributed by atoms with van der Waals surface area (Å²) in [5, 5.41) is 6.88. The predicted octanol–water partition coefficient (Wildman–Crippen LogP) is 1.06. The quantitative estimate of drug-likeness (QED) is 0.775. The van der Waals surface area contributed by atoms with Gasteiger partial charge >= 0.3 is 5.97 Å². The normalized spacial score (nSPS) is 20.7. The minimum atomic E-state index is -0.534. The van der Waals surface area contributed by atoms with Crippen molar-refractivity contribution in [2.45, 2.75) is 32.2 Å². The standard InChI is InChI=1S/C10H15N3O3/c1-2-15-10(14)8-12-9(16-13-8)7-5-3-4-6-11-7/h7,11H,2-6H2,1H3. The molecule has 16 heavy (non-hydrogen) atoms. The molecule has 1 atom stereocenters. The second-order valence-corrected chi connectivity index (χ2v) is 3.68. The van der Waals surface area contributed by atoms with Crippen molar-refractivity contribution in [3.05, 3.63) is 11.7 Å². The fourth-order valence-corrected chi connectivity index (χ4v) is 1.72. The molecule has 2 heterocycles. The predicted molar refractivity (Wildman–Crippen MR) is 54.8 cm³/mol. The van der Waals surface area contributed by atoms with E-state index >= 15 is 0 Å². The van der Waals surface area contributed by atoms with Crippen LogP contribution in [0.4, 0.5) is 0 Å². The van der Waals surface area contributed by atoms with Crippen LogP contribution in [0, 0.1) is 0 Å². The highest BCUT2D eigenvalue weighted by molar-refractivity contribution is 5.84. The van der Waals surface area contributed by atoms with Crippen molar-refractivity contribution in [3.8, 4) is 0 Å². The van der Waals surface area contributed by atoms with Gasteiger partial charge in [0.15, 0.2) is 0 Å². The summed E-state index contributed by atoms with van der Waals surface area (Å²) in [5.74, 6) is -0.0553. The van der Waals surface area contributed by atoms with E-state index in [1.807, 2.05) is 0 Å². The fraction of sp³-hybridized carbons (Fsp3) is 0.700. The van der Waals surface area contributed by atoms with Crippen LogP contribution in [0.15, 0.2) is 4.52 Å². The van der Waals surface area contributed by atoms with Gasteiger partial charge in [-0.1, -0.05) is 6.42 Å². The second kappa shape index (κ2) is 5.07. The van der Waals surface area contributed by atoms with Crippen LogP contribution in [0.25, 0.3) is 0 Å². The molecule has 0 saturated carbocycles. The average molecular weight is 225 g/mol. The van der Waals surface area contributed by atoms with Crippen molar-refractivity contribution in [2.75, 3.05) is 13.2 Å². The summed E-state index contributed by atoms with van der Waals surface area (Å²) in [4.78, 5) is 15.4. The van der Waals surface area contributed by atoms with E-state index in [2.05, 4.69) is 15.5 Å². The van der Waals surface area contributed by atoms with E-state index in [1.165, 1.54) is 0 Å². The Hall–Kier alpha value is -1.43. The molecule has 1 saturated heterocycles. The van der Waals surface area contributed by atoms with Crippen LogP contribution >= 0.6 is 0 Å². The summed E-state index contributed by atoms with van der Waals surface area (Å²) in [6, 6.07) is 0.0735. The number of piperidine rings is 1. The van der Waals surface area contributed by atoms with E-state index in [0.717, 1.165) is 25.8 Å². The van der Waals surface area contributed by atoms with Gasteiger partial charge in [-0.2, -0.15) is 4.98 Å². The van der Waals surface area contributed by atoms with Gasteiger partial charge in [0.25, 0.3) is 5.82 Å². The van der Waals surface area contributed by atoms with Crippen LogP contribution in [0.3, 0.4) is 0 Å². The monoisotopic (exact) mass is 225 g/mol. The molecule has 0 radical (unpaired) electrons. The summed E-state index contributed by atoms with van der Waals surface area (Å²) in [7, 11) is 0. The number of nitrogens with one attached hydrogen (secondary N) is 1. The lowest BCUT2D eigenvalue weighted by Gasteiger charge is -2.19. The maximum atomic E-state index is 11.3. The number of ether oxygens (including phenoxy) is 1. The maximum Gasteiger partial charge on any atom is 0.379 e. The Morgan fingerprint density at radius 3 is 3.19 bits per heavy atom. The molecule has 0 aromatic carbocycles. The molecule has 6 heteroatoms. The first-order chi connectivity index (χ1) is 7.81. The Morgan fingerprint density at radius 2 is 2.50 bits per heavy atom. The van der Waals surface area contributed by atoms with Gasteiger partial charge in [0.05, 0.1) is 12.6 Å². The van der Waals surface area contributed by atoms with E-state index in [9.17, 15) is 4.79 Å². The molecule has 88 valence electrons. The summed E-state index contributed by atoms with van der Waals surface area (Å²) < 4.78 is 9.83. The van der Waals surface area contributed by atoms with Crippen molar-refractivity contribution < 1.29 is 14.1 Å². The summed E-state index contributed by atoms with van der Waals surface area (Å²) in [5.41, 5.74) is 0. The van der Waals surface area contributed by atoms with Crippen molar-refractivity contribution in [2.24, 2.45) is 0 Å². The smallest absolute Gasteiger partial charge is 0.379 e. The number of nitrogens with zero attached hydrogens (tertiary/aromatic N) is 2. The van der Waals surface area contributed by atoms with E-state index in [1.54, 1.807) is 6.92 Å². The third-order valence-corrected chi connectivity index (χ3v) is 2.51. The zero-order valence-electron chi connectivity index (χ0n) is 9.23. The number of carbonyl (C=O) groups is 1. The third-order valence-electron chi connectivity index (χ3n) is 2.51. The zero-order valence-corrected chi connectivity index (χ0v) is 9.23. The van der Waals surface area contributed by atoms with E-state index < -0.39 is 5.97 Å². The molecule has 6 nitrogen and oxygen atoms in total. The lowest BCUT2D eigenvalue weighted by molar-refractivity contribution is 0.0508. The Labute approximate surface area is 93.4 Å². The molecule has 1 aliphatic rings. The highest BCUT2D eigenvalue weighted by Crippen LogP contribution is 2.21. The molecule has 0 spiro atoms. The molecular formula is C10H15N3O3.